The van der Waals surface area contributed by atoms with Crippen LogP contribution in [0.1, 0.15) is 77.2 Å². The topological polar surface area (TPSA) is 55.8 Å². The standard InChI is InChI=1S/C23H37NO4/c1-20(2)13-9-6-4-5-7-12-16-22(25)24(18-17-23(26)27-3)28-19-21-14-10-8-11-15-21/h8,10-11,14-15,20H,4-7,9,12-13,16-19H2,1-3H3. The van der Waals surface area contributed by atoms with E-state index in [4.69, 9.17) is 4.84 Å². The van der Waals surface area contributed by atoms with Gasteiger partial charge in [-0.3, -0.25) is 14.4 Å². The fourth-order valence-corrected chi connectivity index (χ4v) is 2.94. The molecule has 0 aliphatic carbocycles. The maximum Gasteiger partial charge on any atom is 0.307 e. The fraction of sp³-hybridized carbons (Fsp3) is 0.652. The van der Waals surface area contributed by atoms with E-state index in [0.717, 1.165) is 24.3 Å². The summed E-state index contributed by atoms with van der Waals surface area (Å²) in [5.41, 5.74) is 0.986. The first-order chi connectivity index (χ1) is 13.5. The molecule has 28 heavy (non-hydrogen) atoms. The van der Waals surface area contributed by atoms with Crippen LogP contribution < -0.4 is 0 Å². The van der Waals surface area contributed by atoms with Crippen molar-refractivity contribution in [1.82, 2.24) is 5.06 Å². The molecule has 5 heteroatoms. The Balaban J connectivity index is 2.31. The third kappa shape index (κ3) is 11.8. The summed E-state index contributed by atoms with van der Waals surface area (Å²) >= 11 is 0. The van der Waals surface area contributed by atoms with Gasteiger partial charge in [0.05, 0.1) is 20.1 Å². The van der Waals surface area contributed by atoms with E-state index >= 15 is 0 Å². The zero-order valence-corrected chi connectivity index (χ0v) is 17.8. The van der Waals surface area contributed by atoms with E-state index in [-0.39, 0.29) is 24.8 Å². The van der Waals surface area contributed by atoms with Gasteiger partial charge in [0.25, 0.3) is 0 Å². The van der Waals surface area contributed by atoms with Crippen molar-refractivity contribution in [2.75, 3.05) is 13.7 Å². The van der Waals surface area contributed by atoms with E-state index in [1.165, 1.54) is 44.3 Å². The van der Waals surface area contributed by atoms with Gasteiger partial charge in [-0.15, -0.1) is 0 Å². The molecule has 1 aromatic rings. The minimum Gasteiger partial charge on any atom is -0.469 e. The zero-order chi connectivity index (χ0) is 20.6. The summed E-state index contributed by atoms with van der Waals surface area (Å²) in [6.07, 6.45) is 8.75. The molecule has 5 nitrogen and oxygen atoms in total. The third-order valence-electron chi connectivity index (χ3n) is 4.68. The number of hydrogen-bond acceptors (Lipinski definition) is 4. The van der Waals surface area contributed by atoms with E-state index < -0.39 is 0 Å². The number of benzene rings is 1. The summed E-state index contributed by atoms with van der Waals surface area (Å²) < 4.78 is 4.67. The van der Waals surface area contributed by atoms with E-state index in [9.17, 15) is 9.59 Å². The van der Waals surface area contributed by atoms with Crippen LogP contribution in [0.25, 0.3) is 0 Å². The van der Waals surface area contributed by atoms with Crippen LogP contribution in [-0.2, 0) is 25.8 Å². The molecule has 0 atom stereocenters. The Morgan fingerprint density at radius 3 is 2.21 bits per heavy atom. The minimum atomic E-state index is -0.345. The summed E-state index contributed by atoms with van der Waals surface area (Å²) in [6.45, 7) is 5.05. The summed E-state index contributed by atoms with van der Waals surface area (Å²) in [7, 11) is 1.35. The highest BCUT2D eigenvalue weighted by Gasteiger charge is 2.16. The predicted octanol–water partition coefficient (Wildman–Crippen LogP) is 5.29. The normalized spacial score (nSPS) is 10.9. The average Bonchev–Trinajstić information content (AvgIpc) is 2.70. The first-order valence-electron chi connectivity index (χ1n) is 10.6. The van der Waals surface area contributed by atoms with Gasteiger partial charge in [-0.2, -0.15) is 0 Å². The highest BCUT2D eigenvalue weighted by atomic mass is 16.7. The number of methoxy groups -OCH3 is 1. The number of rotatable bonds is 15. The van der Waals surface area contributed by atoms with Crippen molar-refractivity contribution < 1.29 is 19.2 Å². The number of carbonyl (C=O) groups is 2. The van der Waals surface area contributed by atoms with Crippen LogP contribution in [-0.4, -0.2) is 30.6 Å². The van der Waals surface area contributed by atoms with Crippen LogP contribution in [0.4, 0.5) is 0 Å². The minimum absolute atomic E-state index is 0.0698. The molecular weight excluding hydrogens is 354 g/mol. The van der Waals surface area contributed by atoms with Gasteiger partial charge in [-0.1, -0.05) is 82.7 Å². The van der Waals surface area contributed by atoms with Gasteiger partial charge in [0.2, 0.25) is 5.91 Å². The van der Waals surface area contributed by atoms with Gasteiger partial charge in [0.15, 0.2) is 0 Å². The molecule has 0 spiro atoms. The molecule has 1 aromatic carbocycles. The molecule has 0 saturated heterocycles. The number of amides is 1. The van der Waals surface area contributed by atoms with E-state index in [1.54, 1.807) is 0 Å². The van der Waals surface area contributed by atoms with Crippen molar-refractivity contribution in [2.45, 2.75) is 78.2 Å². The van der Waals surface area contributed by atoms with E-state index in [0.29, 0.717) is 13.0 Å². The molecule has 0 aliphatic rings. The van der Waals surface area contributed by atoms with Gasteiger partial charge >= 0.3 is 5.97 Å². The Morgan fingerprint density at radius 1 is 0.929 bits per heavy atom. The van der Waals surface area contributed by atoms with Crippen LogP contribution in [0.15, 0.2) is 30.3 Å². The van der Waals surface area contributed by atoms with Gasteiger partial charge < -0.3 is 4.74 Å². The fourth-order valence-electron chi connectivity index (χ4n) is 2.94. The molecule has 0 aliphatic heterocycles. The lowest BCUT2D eigenvalue weighted by Crippen LogP contribution is -2.33. The quantitative estimate of drug-likeness (QED) is 0.232. The van der Waals surface area contributed by atoms with Crippen molar-refractivity contribution in [3.8, 4) is 0 Å². The number of esters is 1. The van der Waals surface area contributed by atoms with Crippen molar-refractivity contribution >= 4 is 11.9 Å². The summed E-state index contributed by atoms with van der Waals surface area (Å²) in [5, 5.41) is 1.33. The van der Waals surface area contributed by atoms with E-state index in [2.05, 4.69) is 18.6 Å². The molecule has 1 amide bonds. The molecule has 0 saturated carbocycles. The smallest absolute Gasteiger partial charge is 0.307 e. The number of carbonyl (C=O) groups excluding carboxylic acids is 2. The molecular formula is C23H37NO4. The first kappa shape index (κ1) is 24.2. The van der Waals surface area contributed by atoms with Gasteiger partial charge in [-0.25, -0.2) is 5.06 Å². The average molecular weight is 392 g/mol. The number of hydroxylamine groups is 2. The van der Waals surface area contributed by atoms with Crippen LogP contribution in [0, 0.1) is 5.92 Å². The molecule has 0 N–H and O–H groups in total. The lowest BCUT2D eigenvalue weighted by atomic mass is 10.0. The molecule has 158 valence electrons. The van der Waals surface area contributed by atoms with E-state index in [1.807, 2.05) is 30.3 Å². The van der Waals surface area contributed by atoms with Gasteiger partial charge in [-0.05, 0) is 17.9 Å². The predicted molar refractivity (Wildman–Crippen MR) is 111 cm³/mol. The van der Waals surface area contributed by atoms with Crippen LogP contribution in [0.2, 0.25) is 0 Å². The molecule has 0 bridgehead atoms. The number of hydrogen-bond donors (Lipinski definition) is 0. The number of ether oxygens (including phenoxy) is 1. The lowest BCUT2D eigenvalue weighted by Gasteiger charge is -2.21. The Kier molecular flexibility index (Phi) is 13.0. The van der Waals surface area contributed by atoms with Crippen LogP contribution in [0.3, 0.4) is 0 Å². The van der Waals surface area contributed by atoms with Crippen LogP contribution >= 0.6 is 0 Å². The monoisotopic (exact) mass is 391 g/mol. The maximum atomic E-state index is 12.5. The molecule has 0 aromatic heterocycles. The van der Waals surface area contributed by atoms with Crippen LogP contribution in [0.5, 0.6) is 0 Å². The third-order valence-corrected chi connectivity index (χ3v) is 4.68. The first-order valence-corrected chi connectivity index (χ1v) is 10.6. The largest absolute Gasteiger partial charge is 0.469 e. The Morgan fingerprint density at radius 2 is 1.57 bits per heavy atom. The number of unbranched alkanes of at least 4 members (excludes halogenated alkanes) is 5. The molecule has 0 unspecified atom stereocenters. The summed E-state index contributed by atoms with van der Waals surface area (Å²) in [6, 6.07) is 9.69. The van der Waals surface area contributed by atoms with Crippen molar-refractivity contribution in [1.29, 1.82) is 0 Å². The second kappa shape index (κ2) is 15.1. The maximum absolute atomic E-state index is 12.5. The van der Waals surface area contributed by atoms with Gasteiger partial charge in [0, 0.05) is 6.42 Å². The molecule has 0 heterocycles. The molecule has 1 rings (SSSR count). The Labute approximate surface area is 170 Å². The van der Waals surface area contributed by atoms with Crippen molar-refractivity contribution in [2.24, 2.45) is 5.92 Å². The second-order valence-corrected chi connectivity index (χ2v) is 7.63. The Hall–Kier alpha value is -1.88. The van der Waals surface area contributed by atoms with Crippen molar-refractivity contribution in [3.63, 3.8) is 0 Å². The van der Waals surface area contributed by atoms with Gasteiger partial charge in [0.1, 0.15) is 6.61 Å². The second-order valence-electron chi connectivity index (χ2n) is 7.63. The number of nitrogens with zero attached hydrogens (tertiary/aromatic N) is 1. The Bertz CT molecular complexity index is 545. The zero-order valence-electron chi connectivity index (χ0n) is 17.8. The molecule has 0 radical (unpaired) electrons. The highest BCUT2D eigenvalue weighted by Crippen LogP contribution is 2.13. The summed E-state index contributed by atoms with van der Waals surface area (Å²) in [5.74, 6) is 0.367. The SMILES string of the molecule is COC(=O)CCN(OCc1ccccc1)C(=O)CCCCCCCCC(C)C. The highest BCUT2D eigenvalue weighted by molar-refractivity contribution is 5.76. The summed E-state index contributed by atoms with van der Waals surface area (Å²) in [4.78, 5) is 29.6. The lowest BCUT2D eigenvalue weighted by molar-refractivity contribution is -0.193. The van der Waals surface area contributed by atoms with Crippen molar-refractivity contribution in [3.05, 3.63) is 35.9 Å². The molecule has 0 fully saturated rings.